The number of unbranched alkanes of at least 4 members (excludes halogenated alkanes) is 5. The van der Waals surface area contributed by atoms with Gasteiger partial charge in [0.15, 0.2) is 17.9 Å². The predicted molar refractivity (Wildman–Crippen MR) is 148 cm³/mol. The highest BCUT2D eigenvalue weighted by Crippen LogP contribution is 2.32. The normalized spacial score (nSPS) is 17.8. The Morgan fingerprint density at radius 3 is 2.11 bits per heavy atom. The SMILES string of the molecule is CC=CC1OCC(c2ccc(-c3ccc(-c4ccc(CCCCCCCC)c(F)c4F)cc3)cc2F)CO1. The summed E-state index contributed by atoms with van der Waals surface area (Å²) < 4.78 is 56.0. The zero-order valence-electron chi connectivity index (χ0n) is 22.3. The molecule has 0 bridgehead atoms. The van der Waals surface area contributed by atoms with E-state index in [1.807, 2.05) is 25.1 Å². The molecule has 0 N–H and O–H groups in total. The van der Waals surface area contributed by atoms with E-state index in [0.717, 1.165) is 24.8 Å². The molecule has 3 aromatic carbocycles. The van der Waals surface area contributed by atoms with E-state index in [1.54, 1.807) is 42.5 Å². The number of allylic oxidation sites excluding steroid dienone is 1. The second-order valence-electron chi connectivity index (χ2n) is 9.99. The van der Waals surface area contributed by atoms with Crippen molar-refractivity contribution < 1.29 is 22.6 Å². The predicted octanol–water partition coefficient (Wildman–Crippen LogP) is 9.37. The maximum absolute atomic E-state index is 15.0. The van der Waals surface area contributed by atoms with E-state index in [1.165, 1.54) is 25.3 Å². The van der Waals surface area contributed by atoms with E-state index >= 15 is 0 Å². The fraction of sp³-hybridized carbons (Fsp3) is 0.394. The summed E-state index contributed by atoms with van der Waals surface area (Å²) in [6.45, 7) is 4.85. The van der Waals surface area contributed by atoms with Crippen LogP contribution in [0.15, 0.2) is 66.7 Å². The first-order chi connectivity index (χ1) is 18.5. The molecule has 1 saturated heterocycles. The van der Waals surface area contributed by atoms with Gasteiger partial charge in [-0.1, -0.05) is 93.6 Å². The van der Waals surface area contributed by atoms with E-state index in [-0.39, 0.29) is 23.6 Å². The summed E-state index contributed by atoms with van der Waals surface area (Å²) in [5.74, 6) is -2.06. The Morgan fingerprint density at radius 1 is 0.763 bits per heavy atom. The average Bonchev–Trinajstić information content (AvgIpc) is 2.94. The lowest BCUT2D eigenvalue weighted by Crippen LogP contribution is -2.29. The van der Waals surface area contributed by atoms with Gasteiger partial charge < -0.3 is 9.47 Å². The highest BCUT2D eigenvalue weighted by molar-refractivity contribution is 5.71. The van der Waals surface area contributed by atoms with Crippen molar-refractivity contribution in [1.29, 1.82) is 0 Å². The Morgan fingerprint density at radius 2 is 1.42 bits per heavy atom. The van der Waals surface area contributed by atoms with Crippen LogP contribution in [-0.2, 0) is 15.9 Å². The molecule has 0 radical (unpaired) electrons. The molecule has 202 valence electrons. The van der Waals surface area contributed by atoms with Gasteiger partial charge in [-0.15, -0.1) is 0 Å². The van der Waals surface area contributed by atoms with Crippen LogP contribution in [0.2, 0.25) is 0 Å². The quantitative estimate of drug-likeness (QED) is 0.184. The Hall–Kier alpha value is -2.89. The van der Waals surface area contributed by atoms with E-state index in [2.05, 4.69) is 6.92 Å². The molecule has 0 unspecified atom stereocenters. The van der Waals surface area contributed by atoms with Crippen molar-refractivity contribution in [2.75, 3.05) is 13.2 Å². The van der Waals surface area contributed by atoms with Crippen LogP contribution in [0.5, 0.6) is 0 Å². The summed E-state index contributed by atoms with van der Waals surface area (Å²) in [6, 6.07) is 15.6. The van der Waals surface area contributed by atoms with Crippen molar-refractivity contribution in [2.45, 2.75) is 71.0 Å². The molecule has 1 fully saturated rings. The van der Waals surface area contributed by atoms with Crippen LogP contribution in [0, 0.1) is 17.5 Å². The Kier molecular flexibility index (Phi) is 10.2. The molecule has 0 amide bonds. The third-order valence-electron chi connectivity index (χ3n) is 7.20. The number of halogens is 3. The summed E-state index contributed by atoms with van der Waals surface area (Å²) >= 11 is 0. The fourth-order valence-electron chi connectivity index (χ4n) is 4.95. The Bertz CT molecular complexity index is 1210. The number of benzene rings is 3. The summed E-state index contributed by atoms with van der Waals surface area (Å²) in [6.07, 6.45) is 10.5. The monoisotopic (exact) mass is 522 g/mol. The third kappa shape index (κ3) is 6.95. The lowest BCUT2D eigenvalue weighted by molar-refractivity contribution is -0.159. The molecule has 0 spiro atoms. The molecule has 3 aromatic rings. The molecular weight excluding hydrogens is 485 g/mol. The first-order valence-electron chi connectivity index (χ1n) is 13.7. The highest BCUT2D eigenvalue weighted by Gasteiger charge is 2.24. The molecule has 4 rings (SSSR count). The minimum absolute atomic E-state index is 0.171. The van der Waals surface area contributed by atoms with Gasteiger partial charge in [-0.3, -0.25) is 0 Å². The van der Waals surface area contributed by atoms with Crippen molar-refractivity contribution >= 4 is 0 Å². The van der Waals surface area contributed by atoms with Crippen molar-refractivity contribution in [3.63, 3.8) is 0 Å². The smallest absolute Gasteiger partial charge is 0.176 e. The topological polar surface area (TPSA) is 18.5 Å². The zero-order chi connectivity index (χ0) is 26.9. The van der Waals surface area contributed by atoms with Crippen LogP contribution < -0.4 is 0 Å². The first-order valence-corrected chi connectivity index (χ1v) is 13.7. The van der Waals surface area contributed by atoms with Crippen LogP contribution in [0.3, 0.4) is 0 Å². The molecule has 0 aromatic heterocycles. The van der Waals surface area contributed by atoms with Crippen molar-refractivity contribution in [3.05, 3.63) is 95.3 Å². The van der Waals surface area contributed by atoms with Crippen molar-refractivity contribution in [1.82, 2.24) is 0 Å². The second kappa shape index (κ2) is 13.8. The van der Waals surface area contributed by atoms with Crippen LogP contribution in [0.25, 0.3) is 22.3 Å². The van der Waals surface area contributed by atoms with E-state index in [9.17, 15) is 13.2 Å². The van der Waals surface area contributed by atoms with Gasteiger partial charge in [0.2, 0.25) is 0 Å². The fourth-order valence-corrected chi connectivity index (χ4v) is 4.95. The lowest BCUT2D eigenvalue weighted by Gasteiger charge is -2.28. The van der Waals surface area contributed by atoms with Gasteiger partial charge in [0.25, 0.3) is 0 Å². The number of hydrogen-bond acceptors (Lipinski definition) is 2. The maximum atomic E-state index is 15.0. The van der Waals surface area contributed by atoms with Gasteiger partial charge in [-0.25, -0.2) is 13.2 Å². The molecule has 1 aliphatic heterocycles. The summed E-state index contributed by atoms with van der Waals surface area (Å²) in [5.41, 5.74) is 3.31. The minimum atomic E-state index is -0.815. The van der Waals surface area contributed by atoms with Crippen LogP contribution in [0.4, 0.5) is 13.2 Å². The van der Waals surface area contributed by atoms with Gasteiger partial charge >= 0.3 is 0 Å². The van der Waals surface area contributed by atoms with Crippen molar-refractivity contribution in [2.24, 2.45) is 0 Å². The molecule has 0 atom stereocenters. The molecule has 38 heavy (non-hydrogen) atoms. The molecular formula is C33H37F3O2. The summed E-state index contributed by atoms with van der Waals surface area (Å²) in [5, 5.41) is 0. The molecule has 0 aliphatic carbocycles. The summed E-state index contributed by atoms with van der Waals surface area (Å²) in [4.78, 5) is 0. The third-order valence-corrected chi connectivity index (χ3v) is 7.20. The van der Waals surface area contributed by atoms with E-state index in [0.29, 0.717) is 41.9 Å². The number of hydrogen-bond donors (Lipinski definition) is 0. The van der Waals surface area contributed by atoms with Crippen LogP contribution >= 0.6 is 0 Å². The molecule has 1 aliphatic rings. The van der Waals surface area contributed by atoms with Crippen LogP contribution in [0.1, 0.15) is 69.4 Å². The van der Waals surface area contributed by atoms with E-state index < -0.39 is 11.6 Å². The summed E-state index contributed by atoms with van der Waals surface area (Å²) in [7, 11) is 0. The molecule has 5 heteroatoms. The maximum Gasteiger partial charge on any atom is 0.176 e. The minimum Gasteiger partial charge on any atom is -0.348 e. The molecule has 1 heterocycles. The average molecular weight is 523 g/mol. The standard InChI is InChI=1S/C33H37F3O2/c1-3-5-6-7-8-9-11-25-16-19-29(33(36)32(25)35)24-14-12-23(13-15-24)26-17-18-28(30(34)20-26)27-21-37-31(10-4-2)38-22-27/h4,10,12-20,27,31H,3,5-9,11,21-22H2,1-2H3. The van der Waals surface area contributed by atoms with Gasteiger partial charge in [0.1, 0.15) is 5.82 Å². The molecule has 0 saturated carbocycles. The largest absolute Gasteiger partial charge is 0.348 e. The van der Waals surface area contributed by atoms with Crippen molar-refractivity contribution in [3.8, 4) is 22.3 Å². The van der Waals surface area contributed by atoms with Gasteiger partial charge in [-0.2, -0.15) is 0 Å². The van der Waals surface area contributed by atoms with Crippen LogP contribution in [-0.4, -0.2) is 19.5 Å². The highest BCUT2D eigenvalue weighted by atomic mass is 19.2. The van der Waals surface area contributed by atoms with Gasteiger partial charge in [-0.05, 0) is 59.7 Å². The Labute approximate surface area is 224 Å². The number of rotatable bonds is 11. The zero-order valence-corrected chi connectivity index (χ0v) is 22.3. The number of ether oxygens (including phenoxy) is 2. The molecule has 2 nitrogen and oxygen atoms in total. The Balaban J connectivity index is 1.41. The lowest BCUT2D eigenvalue weighted by atomic mass is 9.94. The van der Waals surface area contributed by atoms with E-state index in [4.69, 9.17) is 9.47 Å². The number of aryl methyl sites for hydroxylation is 1. The first kappa shape index (κ1) is 28.1. The van der Waals surface area contributed by atoms with Gasteiger partial charge in [0.05, 0.1) is 13.2 Å². The second-order valence-corrected chi connectivity index (χ2v) is 9.99. The van der Waals surface area contributed by atoms with Gasteiger partial charge in [0, 0.05) is 11.5 Å².